The summed E-state index contributed by atoms with van der Waals surface area (Å²) in [5, 5.41) is 8.82. The largest absolute Gasteiger partial charge is 0.487 e. The number of pyridine rings is 1. The molecule has 1 aromatic carbocycles. The van der Waals surface area contributed by atoms with Crippen molar-refractivity contribution in [1.29, 1.82) is 0 Å². The summed E-state index contributed by atoms with van der Waals surface area (Å²) < 4.78 is 32.2. The minimum absolute atomic E-state index is 0.128. The molecule has 0 amide bonds. The smallest absolute Gasteiger partial charge is 0.190 e. The lowest BCUT2D eigenvalue weighted by atomic mass is 10.2. The van der Waals surface area contributed by atoms with E-state index in [1.54, 1.807) is 12.3 Å². The second-order valence-electron chi connectivity index (χ2n) is 3.97. The van der Waals surface area contributed by atoms with Crippen molar-refractivity contribution < 1.29 is 18.6 Å². The standard InChI is InChI=1S/C14H13F2NO2/c15-12-7-10(9-18)8-13(16)14(12)19-6-4-11-3-1-2-5-17-11/h1-3,5,7-8,18H,4,6,9H2. The molecule has 0 bridgehead atoms. The summed E-state index contributed by atoms with van der Waals surface area (Å²) in [6, 6.07) is 7.54. The van der Waals surface area contributed by atoms with Crippen molar-refractivity contribution in [1.82, 2.24) is 4.98 Å². The Hall–Kier alpha value is -2.01. The molecule has 3 nitrogen and oxygen atoms in total. The first kappa shape index (κ1) is 13.4. The Bertz CT molecular complexity index is 523. The van der Waals surface area contributed by atoms with Crippen LogP contribution in [0.1, 0.15) is 11.3 Å². The molecule has 0 saturated heterocycles. The van der Waals surface area contributed by atoms with Gasteiger partial charge in [-0.25, -0.2) is 8.78 Å². The Kier molecular flexibility index (Phi) is 4.41. The first-order chi connectivity index (χ1) is 9.20. The molecule has 5 heteroatoms. The summed E-state index contributed by atoms with van der Waals surface area (Å²) in [6.45, 7) is -0.286. The Balaban J connectivity index is 2.00. The number of aromatic nitrogens is 1. The number of hydrogen-bond acceptors (Lipinski definition) is 3. The van der Waals surface area contributed by atoms with Crippen molar-refractivity contribution in [2.24, 2.45) is 0 Å². The van der Waals surface area contributed by atoms with Crippen LogP contribution in [0.25, 0.3) is 0 Å². The van der Waals surface area contributed by atoms with Crippen molar-refractivity contribution in [3.8, 4) is 5.75 Å². The second-order valence-corrected chi connectivity index (χ2v) is 3.97. The molecule has 100 valence electrons. The Labute approximate surface area is 109 Å². The lowest BCUT2D eigenvalue weighted by Crippen LogP contribution is -2.06. The molecule has 2 aromatic rings. The molecule has 0 saturated carbocycles. The summed E-state index contributed by atoms with van der Waals surface area (Å²) in [6.07, 6.45) is 2.11. The van der Waals surface area contributed by atoms with Crippen molar-refractivity contribution >= 4 is 0 Å². The fourth-order valence-electron chi connectivity index (χ4n) is 1.65. The highest BCUT2D eigenvalue weighted by Gasteiger charge is 2.12. The summed E-state index contributed by atoms with van der Waals surface area (Å²) in [5.74, 6) is -2.05. The average molecular weight is 265 g/mol. The van der Waals surface area contributed by atoms with Crippen LogP contribution in [0.3, 0.4) is 0 Å². The number of nitrogens with zero attached hydrogens (tertiary/aromatic N) is 1. The van der Waals surface area contributed by atoms with Gasteiger partial charge in [0.2, 0.25) is 0 Å². The van der Waals surface area contributed by atoms with Gasteiger partial charge in [-0.15, -0.1) is 0 Å². The van der Waals surface area contributed by atoms with E-state index in [1.807, 2.05) is 12.1 Å². The summed E-state index contributed by atoms with van der Waals surface area (Å²) >= 11 is 0. The van der Waals surface area contributed by atoms with Crippen molar-refractivity contribution in [3.63, 3.8) is 0 Å². The molecule has 0 unspecified atom stereocenters. The number of benzene rings is 1. The van der Waals surface area contributed by atoms with Gasteiger partial charge in [-0.05, 0) is 29.8 Å². The van der Waals surface area contributed by atoms with Crippen LogP contribution in [0.15, 0.2) is 36.5 Å². The van der Waals surface area contributed by atoms with Crippen molar-refractivity contribution in [2.45, 2.75) is 13.0 Å². The quantitative estimate of drug-likeness (QED) is 0.903. The van der Waals surface area contributed by atoms with Crippen LogP contribution >= 0.6 is 0 Å². The van der Waals surface area contributed by atoms with Gasteiger partial charge in [0.1, 0.15) is 0 Å². The number of aliphatic hydroxyl groups is 1. The normalized spacial score (nSPS) is 10.5. The van der Waals surface area contributed by atoms with Gasteiger partial charge in [0.25, 0.3) is 0 Å². The van der Waals surface area contributed by atoms with Crippen LogP contribution < -0.4 is 4.74 Å². The minimum Gasteiger partial charge on any atom is -0.487 e. The fraction of sp³-hybridized carbons (Fsp3) is 0.214. The molecule has 0 atom stereocenters. The molecule has 0 aliphatic rings. The predicted octanol–water partition coefficient (Wildman–Crippen LogP) is 2.47. The van der Waals surface area contributed by atoms with Crippen LogP contribution in [0.5, 0.6) is 5.75 Å². The molecule has 19 heavy (non-hydrogen) atoms. The Morgan fingerprint density at radius 3 is 2.47 bits per heavy atom. The van der Waals surface area contributed by atoms with E-state index in [0.29, 0.717) is 6.42 Å². The van der Waals surface area contributed by atoms with E-state index in [0.717, 1.165) is 17.8 Å². The molecule has 2 rings (SSSR count). The lowest BCUT2D eigenvalue weighted by Gasteiger charge is -2.09. The first-order valence-corrected chi connectivity index (χ1v) is 5.82. The molecule has 0 aliphatic heterocycles. The molecule has 1 aromatic heterocycles. The lowest BCUT2D eigenvalue weighted by molar-refractivity contribution is 0.272. The first-order valence-electron chi connectivity index (χ1n) is 5.82. The van der Waals surface area contributed by atoms with Gasteiger partial charge in [-0.3, -0.25) is 4.98 Å². The van der Waals surface area contributed by atoms with E-state index in [-0.39, 0.29) is 12.2 Å². The third kappa shape index (κ3) is 3.48. The maximum Gasteiger partial charge on any atom is 0.190 e. The van der Waals surface area contributed by atoms with Gasteiger partial charge < -0.3 is 9.84 Å². The molecule has 1 heterocycles. The van der Waals surface area contributed by atoms with E-state index < -0.39 is 24.0 Å². The number of ether oxygens (including phenoxy) is 1. The minimum atomic E-state index is -0.815. The SMILES string of the molecule is OCc1cc(F)c(OCCc2ccccn2)c(F)c1. The number of aliphatic hydroxyl groups excluding tert-OH is 1. The van der Waals surface area contributed by atoms with Gasteiger partial charge in [0.05, 0.1) is 13.2 Å². The third-order valence-electron chi connectivity index (χ3n) is 2.57. The molecule has 0 aliphatic carbocycles. The second kappa shape index (κ2) is 6.24. The molecule has 0 spiro atoms. The topological polar surface area (TPSA) is 42.4 Å². The van der Waals surface area contributed by atoms with Crippen molar-refractivity contribution in [3.05, 3.63) is 59.4 Å². The molecular weight excluding hydrogens is 252 g/mol. The van der Waals surface area contributed by atoms with Gasteiger partial charge in [-0.1, -0.05) is 6.07 Å². The highest BCUT2D eigenvalue weighted by Crippen LogP contribution is 2.23. The zero-order chi connectivity index (χ0) is 13.7. The van der Waals surface area contributed by atoms with E-state index >= 15 is 0 Å². The Morgan fingerprint density at radius 1 is 1.16 bits per heavy atom. The predicted molar refractivity (Wildman–Crippen MR) is 65.7 cm³/mol. The average Bonchev–Trinajstić information content (AvgIpc) is 2.42. The number of rotatable bonds is 5. The highest BCUT2D eigenvalue weighted by atomic mass is 19.1. The fourth-order valence-corrected chi connectivity index (χ4v) is 1.65. The highest BCUT2D eigenvalue weighted by molar-refractivity contribution is 5.31. The van der Waals surface area contributed by atoms with Gasteiger partial charge in [0.15, 0.2) is 17.4 Å². The van der Waals surface area contributed by atoms with Gasteiger partial charge in [0, 0.05) is 18.3 Å². The molecule has 0 radical (unpaired) electrons. The van der Waals surface area contributed by atoms with Crippen LogP contribution in [0.2, 0.25) is 0 Å². The van der Waals surface area contributed by atoms with E-state index in [4.69, 9.17) is 9.84 Å². The molecule has 1 N–H and O–H groups in total. The third-order valence-corrected chi connectivity index (χ3v) is 2.57. The molecular formula is C14H13F2NO2. The van der Waals surface area contributed by atoms with Crippen LogP contribution in [0.4, 0.5) is 8.78 Å². The Morgan fingerprint density at radius 2 is 1.89 bits per heavy atom. The van der Waals surface area contributed by atoms with Crippen LogP contribution in [-0.2, 0) is 13.0 Å². The number of halogens is 2. The van der Waals surface area contributed by atoms with E-state index in [1.165, 1.54) is 0 Å². The zero-order valence-corrected chi connectivity index (χ0v) is 10.1. The monoisotopic (exact) mass is 265 g/mol. The van der Waals surface area contributed by atoms with E-state index in [9.17, 15) is 8.78 Å². The number of hydrogen-bond donors (Lipinski definition) is 1. The van der Waals surface area contributed by atoms with Gasteiger partial charge >= 0.3 is 0 Å². The zero-order valence-electron chi connectivity index (χ0n) is 10.1. The molecule has 0 fully saturated rings. The summed E-state index contributed by atoms with van der Waals surface area (Å²) in [4.78, 5) is 4.08. The van der Waals surface area contributed by atoms with E-state index in [2.05, 4.69) is 4.98 Å². The summed E-state index contributed by atoms with van der Waals surface area (Å²) in [7, 11) is 0. The van der Waals surface area contributed by atoms with Crippen molar-refractivity contribution in [2.75, 3.05) is 6.61 Å². The maximum absolute atomic E-state index is 13.5. The van der Waals surface area contributed by atoms with Crippen LogP contribution in [0, 0.1) is 11.6 Å². The van der Waals surface area contributed by atoms with Gasteiger partial charge in [-0.2, -0.15) is 0 Å². The summed E-state index contributed by atoms with van der Waals surface area (Å²) in [5.41, 5.74) is 0.961. The maximum atomic E-state index is 13.5. The van der Waals surface area contributed by atoms with Crippen LogP contribution in [-0.4, -0.2) is 16.7 Å².